The third-order valence-corrected chi connectivity index (χ3v) is 8.03. The number of ether oxygens (including phenoxy) is 3. The predicted octanol–water partition coefficient (Wildman–Crippen LogP) is 2.74. The minimum atomic E-state index is -3.47. The Hall–Kier alpha value is -2.30. The summed E-state index contributed by atoms with van der Waals surface area (Å²) in [6.45, 7) is 1.11. The zero-order valence-electron chi connectivity index (χ0n) is 16.6. The Kier molecular flexibility index (Phi) is 6.66. The Morgan fingerprint density at radius 3 is 2.24 bits per heavy atom. The van der Waals surface area contributed by atoms with Crippen LogP contribution in [0.25, 0.3) is 0 Å². The van der Waals surface area contributed by atoms with E-state index in [1.807, 2.05) is 0 Å². The molecule has 2 aromatic rings. The van der Waals surface area contributed by atoms with Gasteiger partial charge in [-0.1, -0.05) is 0 Å². The topological polar surface area (TPSA) is 94.2 Å². The second-order valence-electron chi connectivity index (χ2n) is 6.47. The molecule has 1 fully saturated rings. The van der Waals surface area contributed by atoms with Gasteiger partial charge in [-0.15, -0.1) is 11.3 Å². The maximum atomic E-state index is 12.6. The first kappa shape index (κ1) is 21.4. The number of hydrogen-bond acceptors (Lipinski definition) is 7. The highest BCUT2D eigenvalue weighted by Crippen LogP contribution is 2.40. The zero-order valence-corrected chi connectivity index (χ0v) is 18.2. The van der Waals surface area contributed by atoms with Crippen molar-refractivity contribution < 1.29 is 27.4 Å². The van der Waals surface area contributed by atoms with Crippen LogP contribution in [0.2, 0.25) is 0 Å². The van der Waals surface area contributed by atoms with E-state index in [0.29, 0.717) is 40.9 Å². The molecule has 158 valence electrons. The minimum Gasteiger partial charge on any atom is -0.493 e. The molecule has 1 saturated heterocycles. The third-order valence-electron chi connectivity index (χ3n) is 4.58. The van der Waals surface area contributed by atoms with Crippen LogP contribution < -0.4 is 19.5 Å². The molecular formula is C19H24N2O6S2. The highest BCUT2D eigenvalue weighted by atomic mass is 32.2. The molecule has 1 aromatic carbocycles. The number of amides is 1. The molecule has 1 aliphatic heterocycles. The molecule has 29 heavy (non-hydrogen) atoms. The van der Waals surface area contributed by atoms with Crippen LogP contribution in [0.4, 0.5) is 5.69 Å². The number of thiophene rings is 1. The van der Waals surface area contributed by atoms with Gasteiger partial charge < -0.3 is 19.5 Å². The van der Waals surface area contributed by atoms with Crippen molar-refractivity contribution in [2.45, 2.75) is 23.5 Å². The van der Waals surface area contributed by atoms with Crippen LogP contribution in [-0.4, -0.2) is 53.0 Å². The lowest BCUT2D eigenvalue weighted by Gasteiger charge is -2.14. The highest BCUT2D eigenvalue weighted by molar-refractivity contribution is 7.91. The SMILES string of the molecule is COc1cc(NC(=O)Cc2ccc(S(=O)(=O)N3CCCC3)s2)cc(OC)c1OC. The van der Waals surface area contributed by atoms with Crippen LogP contribution in [0.15, 0.2) is 28.5 Å². The van der Waals surface area contributed by atoms with Crippen LogP contribution >= 0.6 is 11.3 Å². The molecule has 0 aliphatic carbocycles. The van der Waals surface area contributed by atoms with E-state index < -0.39 is 10.0 Å². The van der Waals surface area contributed by atoms with Crippen molar-refractivity contribution in [2.24, 2.45) is 0 Å². The zero-order chi connectivity index (χ0) is 21.0. The van der Waals surface area contributed by atoms with E-state index in [1.165, 1.54) is 25.6 Å². The molecule has 0 unspecified atom stereocenters. The van der Waals surface area contributed by atoms with E-state index >= 15 is 0 Å². The molecule has 2 heterocycles. The number of methoxy groups -OCH3 is 3. The van der Waals surface area contributed by atoms with E-state index in [1.54, 1.807) is 24.3 Å². The fraction of sp³-hybridized carbons (Fsp3) is 0.421. The summed E-state index contributed by atoms with van der Waals surface area (Å²) in [5.74, 6) is 1.02. The highest BCUT2D eigenvalue weighted by Gasteiger charge is 2.28. The molecule has 1 aliphatic rings. The van der Waals surface area contributed by atoms with E-state index in [2.05, 4.69) is 5.32 Å². The van der Waals surface area contributed by atoms with E-state index in [9.17, 15) is 13.2 Å². The van der Waals surface area contributed by atoms with Crippen LogP contribution in [0.1, 0.15) is 17.7 Å². The Bertz CT molecular complexity index is 955. The van der Waals surface area contributed by atoms with Gasteiger partial charge in [0.25, 0.3) is 10.0 Å². The normalized spacial score (nSPS) is 14.6. The Morgan fingerprint density at radius 1 is 1.07 bits per heavy atom. The van der Waals surface area contributed by atoms with Crippen LogP contribution in [0.5, 0.6) is 17.2 Å². The Labute approximate surface area is 174 Å². The van der Waals surface area contributed by atoms with Crippen LogP contribution in [-0.2, 0) is 21.2 Å². The number of carbonyl (C=O) groups is 1. The van der Waals surface area contributed by atoms with Crippen molar-refractivity contribution in [1.82, 2.24) is 4.31 Å². The maximum absolute atomic E-state index is 12.6. The van der Waals surface area contributed by atoms with Gasteiger partial charge in [0.15, 0.2) is 11.5 Å². The molecule has 8 nitrogen and oxygen atoms in total. The Balaban J connectivity index is 1.71. The second-order valence-corrected chi connectivity index (χ2v) is 9.80. The number of nitrogens with one attached hydrogen (secondary N) is 1. The predicted molar refractivity (Wildman–Crippen MR) is 111 cm³/mol. The molecule has 10 heteroatoms. The summed E-state index contributed by atoms with van der Waals surface area (Å²) in [5, 5.41) is 2.79. The molecule has 1 N–H and O–H groups in total. The van der Waals surface area contributed by atoms with Gasteiger partial charge >= 0.3 is 0 Å². The molecule has 0 atom stereocenters. The molecule has 3 rings (SSSR count). The van der Waals surface area contributed by atoms with Gasteiger partial charge in [-0.2, -0.15) is 4.31 Å². The molecule has 0 radical (unpaired) electrons. The third kappa shape index (κ3) is 4.65. The number of nitrogens with zero attached hydrogens (tertiary/aromatic N) is 1. The summed E-state index contributed by atoms with van der Waals surface area (Å²) >= 11 is 1.13. The molecule has 0 bridgehead atoms. The Morgan fingerprint density at radius 2 is 1.69 bits per heavy atom. The average molecular weight is 441 g/mol. The maximum Gasteiger partial charge on any atom is 0.252 e. The number of sulfonamides is 1. The summed E-state index contributed by atoms with van der Waals surface area (Å²) in [6, 6.07) is 6.52. The quantitative estimate of drug-likeness (QED) is 0.678. The molecule has 1 amide bonds. The standard InChI is InChI=1S/C19H24N2O6S2/c1-25-15-10-13(11-16(26-2)19(15)27-3)20-17(22)12-14-6-7-18(28-14)29(23,24)21-8-4-5-9-21/h6-7,10-11H,4-5,8-9,12H2,1-3H3,(H,20,22). The smallest absolute Gasteiger partial charge is 0.252 e. The monoisotopic (exact) mass is 440 g/mol. The second kappa shape index (κ2) is 9.02. The summed E-state index contributed by atoms with van der Waals surface area (Å²) < 4.78 is 42.9. The molecule has 0 saturated carbocycles. The van der Waals surface area contributed by atoms with Gasteiger partial charge in [-0.05, 0) is 25.0 Å². The van der Waals surface area contributed by atoms with Crippen molar-refractivity contribution in [3.05, 3.63) is 29.1 Å². The first-order valence-electron chi connectivity index (χ1n) is 9.07. The van der Waals surface area contributed by atoms with Crippen molar-refractivity contribution >= 4 is 33.0 Å². The molecular weight excluding hydrogens is 416 g/mol. The van der Waals surface area contributed by atoms with Crippen molar-refractivity contribution in [3.8, 4) is 17.2 Å². The first-order valence-corrected chi connectivity index (χ1v) is 11.3. The van der Waals surface area contributed by atoms with Gasteiger partial charge in [0.1, 0.15) is 4.21 Å². The van der Waals surface area contributed by atoms with E-state index in [-0.39, 0.29) is 16.5 Å². The lowest BCUT2D eigenvalue weighted by Crippen LogP contribution is -2.27. The number of benzene rings is 1. The summed E-state index contributed by atoms with van der Waals surface area (Å²) in [6.07, 6.45) is 1.83. The van der Waals surface area contributed by atoms with E-state index in [0.717, 1.165) is 24.2 Å². The van der Waals surface area contributed by atoms with Crippen molar-refractivity contribution in [3.63, 3.8) is 0 Å². The molecule has 0 spiro atoms. The number of carbonyl (C=O) groups excluding carboxylic acids is 1. The summed E-state index contributed by atoms with van der Waals surface area (Å²) in [5.41, 5.74) is 0.492. The van der Waals surface area contributed by atoms with Crippen molar-refractivity contribution in [1.29, 1.82) is 0 Å². The lowest BCUT2D eigenvalue weighted by atomic mass is 10.2. The lowest BCUT2D eigenvalue weighted by molar-refractivity contribution is -0.115. The van der Waals surface area contributed by atoms with E-state index in [4.69, 9.17) is 14.2 Å². The number of rotatable bonds is 8. The first-order chi connectivity index (χ1) is 13.9. The van der Waals surface area contributed by atoms with Gasteiger partial charge in [0.05, 0.1) is 27.8 Å². The van der Waals surface area contributed by atoms with Gasteiger partial charge in [-0.3, -0.25) is 4.79 Å². The van der Waals surface area contributed by atoms with Crippen molar-refractivity contribution in [2.75, 3.05) is 39.7 Å². The largest absolute Gasteiger partial charge is 0.493 e. The number of anilines is 1. The summed E-state index contributed by atoms with van der Waals surface area (Å²) in [4.78, 5) is 13.1. The molecule has 1 aromatic heterocycles. The summed E-state index contributed by atoms with van der Waals surface area (Å²) in [7, 11) is 1.03. The fourth-order valence-corrected chi connectivity index (χ4v) is 6.19. The van der Waals surface area contributed by atoms with Gasteiger partial charge in [-0.25, -0.2) is 8.42 Å². The van der Waals surface area contributed by atoms with Gasteiger partial charge in [0, 0.05) is 35.8 Å². The van der Waals surface area contributed by atoms with Crippen LogP contribution in [0, 0.1) is 0 Å². The van der Waals surface area contributed by atoms with Gasteiger partial charge in [0.2, 0.25) is 11.7 Å². The average Bonchev–Trinajstić information content (AvgIpc) is 3.39. The fourth-order valence-electron chi connectivity index (χ4n) is 3.16. The number of hydrogen-bond donors (Lipinski definition) is 1. The minimum absolute atomic E-state index is 0.0663. The van der Waals surface area contributed by atoms with Crippen LogP contribution in [0.3, 0.4) is 0 Å².